The third-order valence-electron chi connectivity index (χ3n) is 4.76. The first kappa shape index (κ1) is 21.4. The van der Waals surface area contributed by atoms with Gasteiger partial charge in [-0.05, 0) is 38.7 Å². The van der Waals surface area contributed by atoms with Crippen LogP contribution in [0.2, 0.25) is 0 Å². The highest BCUT2D eigenvalue weighted by atomic mass is 32.2. The molecule has 1 aliphatic rings. The molecule has 1 aliphatic carbocycles. The van der Waals surface area contributed by atoms with Crippen molar-refractivity contribution in [1.29, 1.82) is 5.26 Å². The van der Waals surface area contributed by atoms with Crippen LogP contribution in [0.15, 0.2) is 23.2 Å². The van der Waals surface area contributed by atoms with E-state index in [1.54, 1.807) is 43.3 Å². The summed E-state index contributed by atoms with van der Waals surface area (Å²) >= 11 is 1.59. The zero-order chi connectivity index (χ0) is 22.4. The quantitative estimate of drug-likeness (QED) is 0.508. The van der Waals surface area contributed by atoms with Gasteiger partial charge < -0.3 is 9.30 Å². The number of alkyl halides is 3. The number of pyridine rings is 1. The van der Waals surface area contributed by atoms with Gasteiger partial charge in [0.25, 0.3) is 0 Å². The molecule has 0 unspecified atom stereocenters. The van der Waals surface area contributed by atoms with Crippen molar-refractivity contribution in [3.05, 3.63) is 24.0 Å². The van der Waals surface area contributed by atoms with Crippen molar-refractivity contribution in [2.75, 3.05) is 5.75 Å². The van der Waals surface area contributed by atoms with Gasteiger partial charge in [0.15, 0.2) is 22.8 Å². The van der Waals surface area contributed by atoms with Crippen LogP contribution in [0.1, 0.15) is 32.4 Å². The first-order chi connectivity index (χ1) is 14.6. The van der Waals surface area contributed by atoms with Gasteiger partial charge in [-0.15, -0.1) is 22.0 Å². The molecule has 11 heteroatoms. The average Bonchev–Trinajstić information content (AvgIpc) is 3.48. The van der Waals surface area contributed by atoms with E-state index in [2.05, 4.69) is 26.2 Å². The van der Waals surface area contributed by atoms with Gasteiger partial charge in [0, 0.05) is 23.8 Å². The number of fused-ring (bicyclic) bond motifs is 1. The zero-order valence-corrected chi connectivity index (χ0v) is 17.9. The maximum atomic E-state index is 13.0. The number of ether oxygens (including phenoxy) is 1. The normalized spacial score (nSPS) is 14.6. The maximum Gasteiger partial charge on any atom is 0.435 e. The van der Waals surface area contributed by atoms with Crippen LogP contribution in [-0.2, 0) is 13.2 Å². The zero-order valence-electron chi connectivity index (χ0n) is 17.1. The van der Waals surface area contributed by atoms with Gasteiger partial charge in [0.05, 0.1) is 6.20 Å². The van der Waals surface area contributed by atoms with Crippen molar-refractivity contribution in [1.82, 2.24) is 24.7 Å². The highest BCUT2D eigenvalue weighted by Crippen LogP contribution is 2.39. The summed E-state index contributed by atoms with van der Waals surface area (Å²) in [5.41, 5.74) is -1.28. The molecule has 0 radical (unpaired) electrons. The lowest BCUT2D eigenvalue weighted by Crippen LogP contribution is -2.25. The number of aryl methyl sites for hydroxylation is 1. The van der Waals surface area contributed by atoms with E-state index >= 15 is 0 Å². The van der Waals surface area contributed by atoms with Crippen molar-refractivity contribution >= 4 is 22.9 Å². The molecule has 0 atom stereocenters. The van der Waals surface area contributed by atoms with Crippen molar-refractivity contribution < 1.29 is 17.9 Å². The fourth-order valence-electron chi connectivity index (χ4n) is 2.91. The van der Waals surface area contributed by atoms with E-state index in [1.165, 1.54) is 19.0 Å². The minimum atomic E-state index is -4.60. The Bertz CT molecular complexity index is 1180. The summed E-state index contributed by atoms with van der Waals surface area (Å²) in [6, 6.07) is 4.76. The Labute approximate surface area is 180 Å². The summed E-state index contributed by atoms with van der Waals surface area (Å²) in [7, 11) is 1.66. The number of nitriles is 1. The van der Waals surface area contributed by atoms with E-state index in [-0.39, 0.29) is 11.2 Å². The van der Waals surface area contributed by atoms with Crippen LogP contribution in [-0.4, -0.2) is 36.1 Å². The Kier molecular flexibility index (Phi) is 5.29. The SMILES string of the molecule is Cn1c(-c2ncc(OC(C)(C)C#N)cc2SCC2CC2)nc2cc(C(F)(F)F)nnc21. The van der Waals surface area contributed by atoms with Gasteiger partial charge in [-0.3, -0.25) is 0 Å². The third kappa shape index (κ3) is 4.58. The van der Waals surface area contributed by atoms with Crippen molar-refractivity contribution in [3.63, 3.8) is 0 Å². The topological polar surface area (TPSA) is 89.5 Å². The lowest BCUT2D eigenvalue weighted by Gasteiger charge is -2.19. The molecular formula is C20H19F3N6OS. The van der Waals surface area contributed by atoms with Gasteiger partial charge in [-0.25, -0.2) is 9.97 Å². The minimum absolute atomic E-state index is 0.0886. The largest absolute Gasteiger partial charge is 0.471 e. The Hall–Kier alpha value is -2.87. The number of rotatable bonds is 6. The summed E-state index contributed by atoms with van der Waals surface area (Å²) < 4.78 is 46.3. The van der Waals surface area contributed by atoms with Crippen molar-refractivity contribution in [2.24, 2.45) is 13.0 Å². The molecule has 0 saturated heterocycles. The second-order valence-electron chi connectivity index (χ2n) is 7.93. The number of hydrogen-bond acceptors (Lipinski definition) is 7. The van der Waals surface area contributed by atoms with Crippen molar-refractivity contribution in [3.8, 4) is 23.3 Å². The second-order valence-corrected chi connectivity index (χ2v) is 8.99. The molecule has 0 N–H and O–H groups in total. The molecule has 0 amide bonds. The van der Waals surface area contributed by atoms with Crippen LogP contribution < -0.4 is 4.74 Å². The summed E-state index contributed by atoms with van der Waals surface area (Å²) in [6.45, 7) is 3.31. The molecule has 7 nitrogen and oxygen atoms in total. The molecule has 0 bridgehead atoms. The predicted octanol–water partition coefficient (Wildman–Crippen LogP) is 4.63. The molecule has 4 rings (SSSR count). The van der Waals surface area contributed by atoms with Gasteiger partial charge in [0.1, 0.15) is 23.0 Å². The molecule has 3 aromatic rings. The standard InChI is InChI=1S/C20H19F3N6OS/c1-19(2,10-24)30-12-6-14(31-9-11-4-5-11)16(25-8-12)18-26-13-7-15(20(21,22)23)27-28-17(13)29(18)3/h6-8,11H,4-5,9H2,1-3H3. The molecular weight excluding hydrogens is 429 g/mol. The van der Waals surface area contributed by atoms with Gasteiger partial charge in [0.2, 0.25) is 0 Å². The fourth-order valence-corrected chi connectivity index (χ4v) is 4.14. The second kappa shape index (κ2) is 7.67. The Balaban J connectivity index is 1.77. The summed E-state index contributed by atoms with van der Waals surface area (Å²) in [5, 5.41) is 16.2. The Morgan fingerprint density at radius 3 is 2.65 bits per heavy atom. The monoisotopic (exact) mass is 448 g/mol. The summed E-state index contributed by atoms with van der Waals surface area (Å²) in [5.74, 6) is 2.35. The number of hydrogen-bond donors (Lipinski definition) is 0. The van der Waals surface area contributed by atoms with E-state index in [4.69, 9.17) is 4.74 Å². The van der Waals surface area contributed by atoms with Crippen LogP contribution in [0.4, 0.5) is 13.2 Å². The summed E-state index contributed by atoms with van der Waals surface area (Å²) in [4.78, 5) is 9.63. The number of nitrogens with zero attached hydrogens (tertiary/aromatic N) is 6. The molecule has 1 saturated carbocycles. The molecule has 0 aromatic carbocycles. The fraction of sp³-hybridized carbons (Fsp3) is 0.450. The molecule has 1 fully saturated rings. The summed E-state index contributed by atoms with van der Waals surface area (Å²) in [6.07, 6.45) is -0.762. The molecule has 31 heavy (non-hydrogen) atoms. The van der Waals surface area contributed by atoms with E-state index < -0.39 is 17.5 Å². The van der Waals surface area contributed by atoms with Crippen LogP contribution >= 0.6 is 11.8 Å². The Morgan fingerprint density at radius 1 is 1.26 bits per heavy atom. The highest BCUT2D eigenvalue weighted by molar-refractivity contribution is 7.99. The molecule has 0 aliphatic heterocycles. The molecule has 0 spiro atoms. The lowest BCUT2D eigenvalue weighted by atomic mass is 10.2. The maximum absolute atomic E-state index is 13.0. The molecule has 3 aromatic heterocycles. The van der Waals surface area contributed by atoms with Crippen molar-refractivity contribution in [2.45, 2.75) is 43.4 Å². The van der Waals surface area contributed by atoms with E-state index in [0.717, 1.165) is 16.7 Å². The first-order valence-corrected chi connectivity index (χ1v) is 10.6. The van der Waals surface area contributed by atoms with Crippen LogP contribution in [0.25, 0.3) is 22.7 Å². The third-order valence-corrected chi connectivity index (χ3v) is 6.02. The van der Waals surface area contributed by atoms with Gasteiger partial charge >= 0.3 is 6.18 Å². The number of halogens is 3. The number of aromatic nitrogens is 5. The van der Waals surface area contributed by atoms with Crippen LogP contribution in [0.3, 0.4) is 0 Å². The number of thioether (sulfide) groups is 1. The lowest BCUT2D eigenvalue weighted by molar-refractivity contribution is -0.141. The van der Waals surface area contributed by atoms with E-state index in [1.807, 2.05) is 0 Å². The molecule has 3 heterocycles. The average molecular weight is 448 g/mol. The van der Waals surface area contributed by atoms with Gasteiger partial charge in [-0.1, -0.05) is 0 Å². The first-order valence-electron chi connectivity index (χ1n) is 9.58. The highest BCUT2D eigenvalue weighted by Gasteiger charge is 2.34. The number of imidazole rings is 1. The van der Waals surface area contributed by atoms with Crippen LogP contribution in [0, 0.1) is 17.2 Å². The molecule has 162 valence electrons. The van der Waals surface area contributed by atoms with E-state index in [9.17, 15) is 18.4 Å². The van der Waals surface area contributed by atoms with Crippen LogP contribution in [0.5, 0.6) is 5.75 Å². The van der Waals surface area contributed by atoms with Gasteiger partial charge in [-0.2, -0.15) is 18.4 Å². The Morgan fingerprint density at radius 2 is 2.00 bits per heavy atom. The smallest absolute Gasteiger partial charge is 0.435 e. The van der Waals surface area contributed by atoms with E-state index in [0.29, 0.717) is 23.2 Å². The minimum Gasteiger partial charge on any atom is -0.471 e. The predicted molar refractivity (Wildman–Crippen MR) is 108 cm³/mol.